The average molecular weight is 406 g/mol. The van der Waals surface area contributed by atoms with Gasteiger partial charge in [-0.15, -0.1) is 0 Å². The molecule has 1 N–H and O–H groups in total. The number of amides is 1. The number of aromatic nitrogens is 1. The van der Waals surface area contributed by atoms with Crippen molar-refractivity contribution < 1.29 is 32.0 Å². The maximum absolute atomic E-state index is 13.3. The molecule has 0 unspecified atom stereocenters. The second-order valence-electron chi connectivity index (χ2n) is 6.14. The summed E-state index contributed by atoms with van der Waals surface area (Å²) in [7, 11) is 0. The minimum absolute atomic E-state index is 0.0542. The molecular weight excluding hydrogens is 389 g/mol. The highest BCUT2D eigenvalue weighted by atomic mass is 19.3. The Labute approximate surface area is 164 Å². The molecule has 1 amide bonds. The average Bonchev–Trinajstić information content (AvgIpc) is 3.02. The van der Waals surface area contributed by atoms with Crippen molar-refractivity contribution in [1.82, 2.24) is 5.16 Å². The molecule has 0 radical (unpaired) electrons. The number of hydrogen-bond acceptors (Lipinski definition) is 5. The molecule has 2 aromatic carbocycles. The van der Waals surface area contributed by atoms with Crippen LogP contribution in [0.4, 0.5) is 18.9 Å². The molecule has 0 atom stereocenters. The third-order valence-electron chi connectivity index (χ3n) is 3.98. The lowest BCUT2D eigenvalue weighted by Crippen LogP contribution is -2.17. The van der Waals surface area contributed by atoms with Crippen LogP contribution < -0.4 is 14.8 Å². The van der Waals surface area contributed by atoms with Gasteiger partial charge >= 0.3 is 6.61 Å². The fourth-order valence-corrected chi connectivity index (χ4v) is 2.56. The van der Waals surface area contributed by atoms with Gasteiger partial charge in [0.15, 0.2) is 5.69 Å². The molecule has 1 aromatic heterocycles. The summed E-state index contributed by atoms with van der Waals surface area (Å²) < 4.78 is 53.6. The summed E-state index contributed by atoms with van der Waals surface area (Å²) in [6.45, 7) is 0.144. The summed E-state index contributed by atoms with van der Waals surface area (Å²) >= 11 is 0. The molecule has 0 fully saturated rings. The summed E-state index contributed by atoms with van der Waals surface area (Å²) in [4.78, 5) is 12.6. The minimum atomic E-state index is -3.04. The first-order valence-corrected chi connectivity index (χ1v) is 8.54. The monoisotopic (exact) mass is 406 g/mol. The number of aryl methyl sites for hydroxylation is 2. The van der Waals surface area contributed by atoms with E-state index in [2.05, 4.69) is 15.2 Å². The molecule has 0 saturated carbocycles. The quantitative estimate of drug-likeness (QED) is 0.606. The number of hydrogen-bond donors (Lipinski definition) is 1. The molecule has 0 aliphatic carbocycles. The fourth-order valence-electron chi connectivity index (χ4n) is 2.56. The second-order valence-corrected chi connectivity index (χ2v) is 6.14. The number of benzene rings is 2. The normalized spacial score (nSPS) is 10.8. The molecule has 0 saturated heterocycles. The van der Waals surface area contributed by atoms with Crippen molar-refractivity contribution in [3.63, 3.8) is 0 Å². The van der Waals surface area contributed by atoms with Gasteiger partial charge in [-0.25, -0.2) is 4.39 Å². The van der Waals surface area contributed by atoms with Gasteiger partial charge in [-0.05, 0) is 43.7 Å². The lowest BCUT2D eigenvalue weighted by atomic mass is 10.1. The number of carbonyl (C=O) groups is 1. The third kappa shape index (κ3) is 5.07. The van der Waals surface area contributed by atoms with Gasteiger partial charge in [0.1, 0.15) is 29.7 Å². The number of ether oxygens (including phenoxy) is 2. The zero-order valence-electron chi connectivity index (χ0n) is 15.5. The van der Waals surface area contributed by atoms with E-state index in [1.807, 2.05) is 0 Å². The zero-order valence-corrected chi connectivity index (χ0v) is 15.5. The van der Waals surface area contributed by atoms with Crippen LogP contribution in [0.15, 0.2) is 47.0 Å². The lowest BCUT2D eigenvalue weighted by Gasteiger charge is -2.12. The van der Waals surface area contributed by atoms with Crippen LogP contribution in [0.25, 0.3) is 0 Å². The Morgan fingerprint density at radius 1 is 1.21 bits per heavy atom. The number of carbonyl (C=O) groups excluding carboxylic acids is 1. The Kier molecular flexibility index (Phi) is 6.06. The van der Waals surface area contributed by atoms with Gasteiger partial charge in [0.05, 0.1) is 11.3 Å². The number of halogens is 3. The molecule has 0 aliphatic rings. The highest BCUT2D eigenvalue weighted by Crippen LogP contribution is 2.28. The first kappa shape index (κ1) is 20.2. The minimum Gasteiger partial charge on any atom is -0.489 e. The Balaban J connectivity index is 1.79. The molecule has 3 aromatic rings. The molecule has 0 spiro atoms. The van der Waals surface area contributed by atoms with Crippen molar-refractivity contribution in [2.45, 2.75) is 27.1 Å². The van der Waals surface area contributed by atoms with Crippen molar-refractivity contribution in [2.24, 2.45) is 0 Å². The highest BCUT2D eigenvalue weighted by Gasteiger charge is 2.22. The smallest absolute Gasteiger partial charge is 0.387 e. The zero-order chi connectivity index (χ0) is 21.0. The van der Waals surface area contributed by atoms with E-state index in [0.29, 0.717) is 16.9 Å². The summed E-state index contributed by atoms with van der Waals surface area (Å²) in [6, 6.07) is 9.98. The summed E-state index contributed by atoms with van der Waals surface area (Å²) in [5, 5.41) is 6.20. The number of nitrogens with one attached hydrogen (secondary N) is 1. The SMILES string of the molecule is Cc1ccc(NC(=O)c2noc(C)c2COc2cccc(F)c2)c(OC(F)F)c1. The number of alkyl halides is 2. The Morgan fingerprint density at radius 2 is 2.00 bits per heavy atom. The van der Waals surface area contributed by atoms with Crippen molar-refractivity contribution in [2.75, 3.05) is 5.32 Å². The van der Waals surface area contributed by atoms with Gasteiger partial charge in [0, 0.05) is 6.07 Å². The maximum atomic E-state index is 13.3. The van der Waals surface area contributed by atoms with Crippen LogP contribution in [0.5, 0.6) is 11.5 Å². The van der Waals surface area contributed by atoms with Gasteiger partial charge in [-0.1, -0.05) is 17.3 Å². The van der Waals surface area contributed by atoms with Crippen LogP contribution in [0, 0.1) is 19.7 Å². The first-order valence-electron chi connectivity index (χ1n) is 8.54. The van der Waals surface area contributed by atoms with Gasteiger partial charge in [-0.3, -0.25) is 4.79 Å². The van der Waals surface area contributed by atoms with Gasteiger partial charge in [0.2, 0.25) is 0 Å². The van der Waals surface area contributed by atoms with Crippen LogP contribution in [0.1, 0.15) is 27.4 Å². The van der Waals surface area contributed by atoms with Crippen molar-refractivity contribution in [3.05, 3.63) is 70.9 Å². The number of rotatable bonds is 7. The predicted molar refractivity (Wildman–Crippen MR) is 97.7 cm³/mol. The molecule has 3 rings (SSSR count). The molecule has 0 bridgehead atoms. The summed E-state index contributed by atoms with van der Waals surface area (Å²) in [5.41, 5.74) is 0.997. The predicted octanol–water partition coefficient (Wildman–Crippen LogP) is 4.86. The topological polar surface area (TPSA) is 73.6 Å². The van der Waals surface area contributed by atoms with E-state index in [1.165, 1.54) is 30.3 Å². The second kappa shape index (κ2) is 8.68. The molecule has 9 heteroatoms. The van der Waals surface area contributed by atoms with E-state index in [0.717, 1.165) is 0 Å². The van der Waals surface area contributed by atoms with Gasteiger partial charge in [0.25, 0.3) is 5.91 Å². The van der Waals surface area contributed by atoms with Crippen LogP contribution in [-0.2, 0) is 6.61 Å². The summed E-state index contributed by atoms with van der Waals surface area (Å²) in [5.74, 6) is -0.732. The van der Waals surface area contributed by atoms with Crippen molar-refractivity contribution in [1.29, 1.82) is 0 Å². The van der Waals surface area contributed by atoms with Crippen molar-refractivity contribution in [3.8, 4) is 11.5 Å². The van der Waals surface area contributed by atoms with E-state index in [-0.39, 0.29) is 29.5 Å². The molecule has 152 valence electrons. The van der Waals surface area contributed by atoms with E-state index >= 15 is 0 Å². The van der Waals surface area contributed by atoms with Crippen LogP contribution in [0.2, 0.25) is 0 Å². The third-order valence-corrected chi connectivity index (χ3v) is 3.98. The number of anilines is 1. The largest absolute Gasteiger partial charge is 0.489 e. The summed E-state index contributed by atoms with van der Waals surface area (Å²) in [6.07, 6.45) is 0. The Hall–Kier alpha value is -3.49. The Morgan fingerprint density at radius 3 is 2.72 bits per heavy atom. The molecule has 6 nitrogen and oxygen atoms in total. The van der Waals surface area contributed by atoms with E-state index in [9.17, 15) is 18.0 Å². The lowest BCUT2D eigenvalue weighted by molar-refractivity contribution is -0.0494. The fraction of sp³-hybridized carbons (Fsp3) is 0.200. The van der Waals surface area contributed by atoms with Crippen LogP contribution >= 0.6 is 0 Å². The van der Waals surface area contributed by atoms with Crippen molar-refractivity contribution >= 4 is 11.6 Å². The van der Waals surface area contributed by atoms with Crippen LogP contribution in [0.3, 0.4) is 0 Å². The molecule has 1 heterocycles. The van der Waals surface area contributed by atoms with E-state index < -0.39 is 18.3 Å². The molecule has 0 aliphatic heterocycles. The van der Waals surface area contributed by atoms with Crippen LogP contribution in [-0.4, -0.2) is 17.7 Å². The standard InChI is InChI=1S/C20H17F3N2O4/c1-11-6-7-16(17(8-11)28-20(22)23)24-19(26)18-15(12(2)29-25-18)10-27-14-5-3-4-13(21)9-14/h3-9,20H,10H2,1-2H3,(H,24,26). The van der Waals surface area contributed by atoms with Gasteiger partial charge < -0.3 is 19.3 Å². The van der Waals surface area contributed by atoms with Gasteiger partial charge in [-0.2, -0.15) is 8.78 Å². The first-order chi connectivity index (χ1) is 13.8. The molecular formula is C20H17F3N2O4. The van der Waals surface area contributed by atoms with E-state index in [4.69, 9.17) is 9.26 Å². The van der Waals surface area contributed by atoms with E-state index in [1.54, 1.807) is 26.0 Å². The molecule has 29 heavy (non-hydrogen) atoms. The highest BCUT2D eigenvalue weighted by molar-refractivity contribution is 6.04. The Bertz CT molecular complexity index is 1020. The maximum Gasteiger partial charge on any atom is 0.387 e. The number of nitrogens with zero attached hydrogens (tertiary/aromatic N) is 1.